The lowest BCUT2D eigenvalue weighted by Gasteiger charge is -2.30. The zero-order valence-electron chi connectivity index (χ0n) is 41.2. The summed E-state index contributed by atoms with van der Waals surface area (Å²) < 4.78 is 54.2. The molecule has 0 saturated carbocycles. The van der Waals surface area contributed by atoms with Crippen LogP contribution in [0.3, 0.4) is 0 Å². The molecule has 1 aliphatic heterocycles. The fourth-order valence-electron chi connectivity index (χ4n) is 7.70. The van der Waals surface area contributed by atoms with Crippen molar-refractivity contribution in [3.8, 4) is 29.6 Å². The number of ketones is 1. The van der Waals surface area contributed by atoms with Crippen LogP contribution < -0.4 is 35.5 Å². The summed E-state index contributed by atoms with van der Waals surface area (Å²) in [6, 6.07) is 16.0. The van der Waals surface area contributed by atoms with Gasteiger partial charge in [-0.2, -0.15) is 8.42 Å². The minimum absolute atomic E-state index is 0.00349. The second-order valence-electron chi connectivity index (χ2n) is 18.2. The normalized spacial score (nSPS) is 15.6. The molecular weight excluding hydrogens is 923 g/mol. The molecule has 382 valence electrons. The van der Waals surface area contributed by atoms with E-state index in [2.05, 4.69) is 27.2 Å². The first-order valence-electron chi connectivity index (χ1n) is 23.3. The average molecular weight is 992 g/mol. The zero-order valence-corrected chi connectivity index (χ0v) is 42.0. The number of aliphatic hydroxyl groups is 1. The van der Waals surface area contributed by atoms with Gasteiger partial charge in [-0.25, -0.2) is 0 Å². The summed E-state index contributed by atoms with van der Waals surface area (Å²) >= 11 is 0. The van der Waals surface area contributed by atoms with Gasteiger partial charge in [0.05, 0.1) is 40.0 Å². The van der Waals surface area contributed by atoms with Crippen molar-refractivity contribution in [3.63, 3.8) is 0 Å². The molecule has 18 nitrogen and oxygen atoms in total. The number of hydrogen-bond donors (Lipinski definition) is 5. The van der Waals surface area contributed by atoms with Crippen LogP contribution in [0.2, 0.25) is 0 Å². The van der Waals surface area contributed by atoms with Gasteiger partial charge in [0.15, 0.2) is 10.7 Å². The SMILES string of the molecule is C#CCOc1cc(OC)cc(OC)c1S(=O)(=O)OCC(C)(O)C(=O)[C@H](CC(C)C)NC(=O)[C@H](Cc1ccccc1)NC(=O)[C@H](CC(C)C)NC(=O)[C@H](CCc1ccccc1)NC(=O)CN1CCOCC1. The van der Waals surface area contributed by atoms with E-state index in [9.17, 15) is 37.5 Å². The number of morpholine rings is 1. The predicted octanol–water partition coefficient (Wildman–Crippen LogP) is 2.98. The first kappa shape index (κ1) is 56.5. The van der Waals surface area contributed by atoms with Crippen molar-refractivity contribution in [1.29, 1.82) is 0 Å². The van der Waals surface area contributed by atoms with Crippen LogP contribution in [0.5, 0.6) is 17.2 Å². The summed E-state index contributed by atoms with van der Waals surface area (Å²) in [4.78, 5) is 72.0. The van der Waals surface area contributed by atoms with E-state index in [-0.39, 0.29) is 73.8 Å². The summed E-state index contributed by atoms with van der Waals surface area (Å²) in [6.45, 7) is 9.17. The Kier molecular flexibility index (Phi) is 22.1. The Hall–Kier alpha value is -6.04. The van der Waals surface area contributed by atoms with Crippen molar-refractivity contribution < 1.29 is 60.6 Å². The van der Waals surface area contributed by atoms with Crippen molar-refractivity contribution in [2.24, 2.45) is 11.8 Å². The number of benzene rings is 3. The molecule has 4 rings (SSSR count). The van der Waals surface area contributed by atoms with Gasteiger partial charge in [-0.3, -0.25) is 33.1 Å². The fourth-order valence-corrected chi connectivity index (χ4v) is 8.96. The number of terminal acetylenes is 1. The lowest BCUT2D eigenvalue weighted by molar-refractivity contribution is -0.143. The summed E-state index contributed by atoms with van der Waals surface area (Å²) in [5.41, 5.74) is -0.885. The second-order valence-corrected chi connectivity index (χ2v) is 19.7. The molecule has 0 bridgehead atoms. The molecule has 19 heteroatoms. The van der Waals surface area contributed by atoms with Crippen molar-refractivity contribution >= 4 is 39.5 Å². The lowest BCUT2D eigenvalue weighted by atomic mass is 9.90. The van der Waals surface area contributed by atoms with Crippen LogP contribution >= 0.6 is 0 Å². The third kappa shape index (κ3) is 17.7. The molecule has 5 N–H and O–H groups in total. The third-order valence-corrected chi connectivity index (χ3v) is 12.7. The first-order valence-corrected chi connectivity index (χ1v) is 24.7. The van der Waals surface area contributed by atoms with Crippen LogP contribution in [0.1, 0.15) is 65.0 Å². The van der Waals surface area contributed by atoms with Gasteiger partial charge in [0, 0.05) is 31.6 Å². The molecule has 70 heavy (non-hydrogen) atoms. The largest absolute Gasteiger partial charge is 0.496 e. The number of carbonyl (C=O) groups is 5. The van der Waals surface area contributed by atoms with Crippen molar-refractivity contribution in [2.75, 3.05) is 60.3 Å². The van der Waals surface area contributed by atoms with Gasteiger partial charge in [-0.05, 0) is 55.6 Å². The Morgan fingerprint density at radius 3 is 1.90 bits per heavy atom. The van der Waals surface area contributed by atoms with Gasteiger partial charge in [-0.1, -0.05) is 94.3 Å². The van der Waals surface area contributed by atoms with E-state index in [0.29, 0.717) is 38.3 Å². The van der Waals surface area contributed by atoms with Crippen molar-refractivity contribution in [1.82, 2.24) is 26.2 Å². The number of amides is 4. The number of nitrogens with one attached hydrogen (secondary N) is 4. The van der Waals surface area contributed by atoms with Gasteiger partial charge in [0.25, 0.3) is 0 Å². The predicted molar refractivity (Wildman–Crippen MR) is 261 cm³/mol. The van der Waals surface area contributed by atoms with E-state index in [1.54, 1.807) is 44.2 Å². The Bertz CT molecular complexity index is 2350. The molecule has 3 aromatic carbocycles. The maximum Gasteiger partial charge on any atom is 0.304 e. The number of nitrogens with zero attached hydrogens (tertiary/aromatic N) is 1. The molecule has 1 unspecified atom stereocenters. The highest BCUT2D eigenvalue weighted by Gasteiger charge is 2.41. The van der Waals surface area contributed by atoms with Gasteiger partial charge in [0.2, 0.25) is 23.6 Å². The number of aryl methyl sites for hydroxylation is 1. The Morgan fingerprint density at radius 2 is 1.31 bits per heavy atom. The molecule has 3 aromatic rings. The van der Waals surface area contributed by atoms with Crippen LogP contribution in [0.25, 0.3) is 0 Å². The Labute approximate surface area is 412 Å². The van der Waals surface area contributed by atoms with Crippen molar-refractivity contribution in [2.45, 2.75) is 101 Å². The summed E-state index contributed by atoms with van der Waals surface area (Å²) in [6.07, 6.45) is 6.19. The van der Waals surface area contributed by atoms with Crippen LogP contribution in [-0.2, 0) is 55.9 Å². The molecule has 5 atom stereocenters. The van der Waals surface area contributed by atoms with Gasteiger partial charge < -0.3 is 45.3 Å². The standard InChI is InChI=1S/C51H69N5O13S/c1-9-24-68-44-31-38(65-7)30-43(66-8)46(44)70(63,64)69-33-51(6,62)47(58)40(27-34(2)3)53-50(61)42(29-37-18-14-11-15-19-37)55-49(60)41(28-35(4)5)54-48(59)39(21-20-36-16-12-10-13-17-36)52-45(57)32-56-22-25-67-26-23-56/h1,10-19,30-31,34-35,39-42,62H,20-29,32-33H2,2-8H3,(H,52,57)(H,53,61)(H,54,59)(H,55,60)/t39-,40-,41-,42-,51?/m0/s1. The monoisotopic (exact) mass is 991 g/mol. The second kappa shape index (κ2) is 27.4. The molecule has 1 fully saturated rings. The number of Topliss-reactive ketones (excluding diaryl/α,β-unsaturated/α-hetero) is 1. The van der Waals surface area contributed by atoms with Crippen LogP contribution in [-0.4, -0.2) is 138 Å². The number of rotatable bonds is 28. The fraction of sp³-hybridized carbons (Fsp3) is 0.510. The molecular formula is C51H69N5O13S. The van der Waals surface area contributed by atoms with E-state index in [1.165, 1.54) is 26.4 Å². The summed E-state index contributed by atoms with van der Waals surface area (Å²) in [7, 11) is -2.26. The molecule has 4 amide bonds. The molecule has 1 saturated heterocycles. The van der Waals surface area contributed by atoms with Crippen molar-refractivity contribution in [3.05, 3.63) is 83.9 Å². The van der Waals surface area contributed by atoms with Gasteiger partial charge in [-0.15, -0.1) is 6.42 Å². The highest BCUT2D eigenvalue weighted by atomic mass is 32.2. The van der Waals surface area contributed by atoms with Crippen LogP contribution in [0, 0.1) is 24.2 Å². The van der Waals surface area contributed by atoms with E-state index < -0.39 is 74.9 Å². The van der Waals surface area contributed by atoms with Crippen LogP contribution in [0.15, 0.2) is 77.7 Å². The first-order chi connectivity index (χ1) is 33.3. The number of ether oxygens (including phenoxy) is 4. The smallest absolute Gasteiger partial charge is 0.304 e. The van der Waals surface area contributed by atoms with E-state index in [1.807, 2.05) is 49.1 Å². The number of hydrogen-bond acceptors (Lipinski definition) is 14. The number of carbonyl (C=O) groups excluding carboxylic acids is 5. The zero-order chi connectivity index (χ0) is 51.4. The topological polar surface area (TPSA) is 237 Å². The molecule has 1 aliphatic rings. The average Bonchev–Trinajstić information content (AvgIpc) is 3.33. The molecule has 0 aliphatic carbocycles. The minimum atomic E-state index is -4.83. The van der Waals surface area contributed by atoms with E-state index >= 15 is 0 Å². The highest BCUT2D eigenvalue weighted by molar-refractivity contribution is 7.87. The minimum Gasteiger partial charge on any atom is -0.496 e. The maximum atomic E-state index is 14.4. The Balaban J connectivity index is 1.57. The molecule has 0 radical (unpaired) electrons. The molecule has 1 heterocycles. The highest BCUT2D eigenvalue weighted by Crippen LogP contribution is 2.39. The quantitative estimate of drug-likeness (QED) is 0.0520. The summed E-state index contributed by atoms with van der Waals surface area (Å²) in [5, 5.41) is 22.9. The molecule has 0 aromatic heterocycles. The Morgan fingerprint density at radius 1 is 0.771 bits per heavy atom. The van der Waals surface area contributed by atoms with Crippen LogP contribution in [0.4, 0.5) is 0 Å². The lowest BCUT2D eigenvalue weighted by Crippen LogP contribution is -2.60. The van der Waals surface area contributed by atoms with E-state index in [4.69, 9.17) is 29.6 Å². The summed E-state index contributed by atoms with van der Waals surface area (Å²) in [5.74, 6) is -1.76. The number of methoxy groups -OCH3 is 2. The maximum absolute atomic E-state index is 14.4. The van der Waals surface area contributed by atoms with Gasteiger partial charge in [0.1, 0.15) is 54.2 Å². The van der Waals surface area contributed by atoms with E-state index in [0.717, 1.165) is 12.5 Å². The van der Waals surface area contributed by atoms with Gasteiger partial charge >= 0.3 is 10.1 Å². The third-order valence-electron chi connectivity index (χ3n) is 11.3. The molecule has 0 spiro atoms.